The highest BCUT2D eigenvalue weighted by Crippen LogP contribution is 2.32. The van der Waals surface area contributed by atoms with Crippen molar-refractivity contribution in [1.29, 1.82) is 0 Å². The number of carbonyl (C=O) groups is 2. The Morgan fingerprint density at radius 2 is 1.92 bits per heavy atom. The fourth-order valence-electron chi connectivity index (χ4n) is 3.87. The van der Waals surface area contributed by atoms with Crippen molar-refractivity contribution in [3.05, 3.63) is 59.0 Å². The molecule has 2 aromatic rings. The zero-order chi connectivity index (χ0) is 26.3. The van der Waals surface area contributed by atoms with Gasteiger partial charge in [0, 0.05) is 38.3 Å². The van der Waals surface area contributed by atoms with Crippen LogP contribution in [0.15, 0.2) is 36.4 Å². The van der Waals surface area contributed by atoms with Crippen LogP contribution in [0.1, 0.15) is 36.6 Å². The Hall–Kier alpha value is -3.63. The topological polar surface area (TPSA) is 83.6 Å². The second-order valence-electron chi connectivity index (χ2n) is 8.24. The second kappa shape index (κ2) is 11.9. The summed E-state index contributed by atoms with van der Waals surface area (Å²) in [7, 11) is 1.59. The number of hydrogen-bond donors (Lipinski definition) is 2. The summed E-state index contributed by atoms with van der Waals surface area (Å²) in [4.78, 5) is 29.8. The molecule has 1 amide bonds. The van der Waals surface area contributed by atoms with Gasteiger partial charge in [0.1, 0.15) is 17.3 Å². The molecule has 0 aliphatic carbocycles. The number of pyridine rings is 1. The number of halogens is 4. The molecule has 11 heteroatoms. The molecule has 1 aromatic heterocycles. The Kier molecular flexibility index (Phi) is 8.89. The number of aromatic nitrogens is 1. The molecule has 0 unspecified atom stereocenters. The van der Waals surface area contributed by atoms with E-state index in [-0.39, 0.29) is 30.9 Å². The second-order valence-corrected chi connectivity index (χ2v) is 8.24. The molecule has 0 atom stereocenters. The fraction of sp³-hybridized carbons (Fsp3) is 0.400. The average Bonchev–Trinajstić information content (AvgIpc) is 2.86. The fourth-order valence-corrected chi connectivity index (χ4v) is 3.87. The summed E-state index contributed by atoms with van der Waals surface area (Å²) in [6.45, 7) is 2.69. The number of piperidine rings is 1. The number of nitrogens with zero attached hydrogens (tertiary/aromatic N) is 2. The van der Waals surface area contributed by atoms with Gasteiger partial charge in [-0.2, -0.15) is 13.2 Å². The number of amides is 1. The minimum atomic E-state index is -4.63. The zero-order valence-electron chi connectivity index (χ0n) is 20.0. The van der Waals surface area contributed by atoms with Crippen molar-refractivity contribution in [2.75, 3.05) is 37.0 Å². The number of alkyl halides is 3. The van der Waals surface area contributed by atoms with E-state index in [1.165, 1.54) is 24.3 Å². The number of benzene rings is 1. The van der Waals surface area contributed by atoms with Gasteiger partial charge in [-0.3, -0.25) is 9.59 Å². The van der Waals surface area contributed by atoms with Crippen LogP contribution in [-0.4, -0.2) is 43.6 Å². The van der Waals surface area contributed by atoms with Crippen LogP contribution < -0.4 is 15.5 Å². The molecule has 2 N–H and O–H groups in total. The van der Waals surface area contributed by atoms with E-state index in [9.17, 15) is 27.2 Å². The van der Waals surface area contributed by atoms with Gasteiger partial charge in [-0.1, -0.05) is 6.07 Å². The third-order valence-corrected chi connectivity index (χ3v) is 5.79. The first-order valence-corrected chi connectivity index (χ1v) is 11.5. The van der Waals surface area contributed by atoms with E-state index in [2.05, 4.69) is 15.6 Å². The van der Waals surface area contributed by atoms with Crippen molar-refractivity contribution in [3.63, 3.8) is 0 Å². The molecule has 1 aromatic carbocycles. The predicted molar refractivity (Wildman–Crippen MR) is 128 cm³/mol. The van der Waals surface area contributed by atoms with Gasteiger partial charge in [0.25, 0.3) is 0 Å². The van der Waals surface area contributed by atoms with Gasteiger partial charge in [-0.25, -0.2) is 9.37 Å². The molecule has 36 heavy (non-hydrogen) atoms. The zero-order valence-corrected chi connectivity index (χ0v) is 20.0. The molecule has 1 aliphatic heterocycles. The van der Waals surface area contributed by atoms with Gasteiger partial charge >= 0.3 is 12.1 Å². The van der Waals surface area contributed by atoms with E-state index in [0.29, 0.717) is 42.7 Å². The van der Waals surface area contributed by atoms with Gasteiger partial charge in [-0.15, -0.1) is 0 Å². The summed E-state index contributed by atoms with van der Waals surface area (Å²) in [6.07, 6.45) is -1.21. The molecule has 0 bridgehead atoms. The van der Waals surface area contributed by atoms with Crippen molar-refractivity contribution in [2.24, 2.45) is 5.92 Å². The Morgan fingerprint density at radius 1 is 1.19 bits per heavy atom. The normalized spacial score (nSPS) is 14.7. The van der Waals surface area contributed by atoms with Crippen LogP contribution in [0.4, 0.5) is 29.1 Å². The summed E-state index contributed by atoms with van der Waals surface area (Å²) in [5, 5.41) is 5.33. The van der Waals surface area contributed by atoms with Crippen LogP contribution >= 0.6 is 0 Å². The van der Waals surface area contributed by atoms with Gasteiger partial charge in [0.15, 0.2) is 0 Å². The van der Waals surface area contributed by atoms with Crippen LogP contribution in [0.5, 0.6) is 0 Å². The number of carbonyl (C=O) groups excluding carboxylic acids is 2. The standard InChI is InChI=1S/C25H28F4N4O3/c1-3-36-24(35)18-10-12-33(13-11-18)23-17(5-8-21(32-23)25(27,28)29)6-9-22(34)31-15-16-4-7-20(30-2)19(26)14-16/h4-9,14,18,30H,3,10-13,15H2,1-2H3,(H,31,34)/b9-6+. The molecule has 0 saturated carbocycles. The third kappa shape index (κ3) is 6.96. The van der Waals surface area contributed by atoms with Crippen molar-refractivity contribution < 1.29 is 31.9 Å². The Labute approximate surface area is 206 Å². The lowest BCUT2D eigenvalue weighted by Gasteiger charge is -2.33. The van der Waals surface area contributed by atoms with E-state index in [1.54, 1.807) is 31.0 Å². The lowest BCUT2D eigenvalue weighted by Crippen LogP contribution is -2.38. The molecule has 2 heterocycles. The lowest BCUT2D eigenvalue weighted by atomic mass is 9.96. The molecule has 1 saturated heterocycles. The largest absolute Gasteiger partial charge is 0.466 e. The Bertz CT molecular complexity index is 1110. The van der Waals surface area contributed by atoms with Crippen molar-refractivity contribution in [3.8, 4) is 0 Å². The van der Waals surface area contributed by atoms with Crippen LogP contribution in [0, 0.1) is 11.7 Å². The molecule has 1 fully saturated rings. The maximum absolute atomic E-state index is 13.9. The van der Waals surface area contributed by atoms with Crippen LogP contribution in [0.2, 0.25) is 0 Å². The molecule has 194 valence electrons. The first kappa shape index (κ1) is 27.0. The van der Waals surface area contributed by atoms with Crippen LogP contribution in [0.25, 0.3) is 6.08 Å². The van der Waals surface area contributed by atoms with E-state index >= 15 is 0 Å². The number of ether oxygens (including phenoxy) is 1. The molecule has 0 radical (unpaired) electrons. The third-order valence-electron chi connectivity index (χ3n) is 5.79. The summed E-state index contributed by atoms with van der Waals surface area (Å²) < 4.78 is 58.9. The number of hydrogen-bond acceptors (Lipinski definition) is 6. The number of nitrogens with one attached hydrogen (secondary N) is 2. The quantitative estimate of drug-likeness (QED) is 0.313. The van der Waals surface area contributed by atoms with E-state index in [4.69, 9.17) is 4.74 Å². The van der Waals surface area contributed by atoms with Crippen molar-refractivity contribution in [1.82, 2.24) is 10.3 Å². The van der Waals surface area contributed by atoms with Crippen LogP contribution in [-0.2, 0) is 27.0 Å². The monoisotopic (exact) mass is 508 g/mol. The van der Waals surface area contributed by atoms with Crippen molar-refractivity contribution in [2.45, 2.75) is 32.5 Å². The van der Waals surface area contributed by atoms with E-state index < -0.39 is 23.6 Å². The molecule has 3 rings (SSSR count). The maximum Gasteiger partial charge on any atom is 0.433 e. The Balaban J connectivity index is 1.72. The minimum absolute atomic E-state index is 0.0730. The first-order valence-electron chi connectivity index (χ1n) is 11.5. The predicted octanol–water partition coefficient (Wildman–Crippen LogP) is 4.39. The molecule has 7 nitrogen and oxygen atoms in total. The highest BCUT2D eigenvalue weighted by atomic mass is 19.4. The van der Waals surface area contributed by atoms with Crippen molar-refractivity contribution >= 4 is 29.5 Å². The highest BCUT2D eigenvalue weighted by molar-refractivity contribution is 5.92. The van der Waals surface area contributed by atoms with Gasteiger partial charge in [0.2, 0.25) is 5.91 Å². The molecule has 1 aliphatic rings. The first-order chi connectivity index (χ1) is 17.1. The number of esters is 1. The maximum atomic E-state index is 13.9. The van der Waals surface area contributed by atoms with Crippen LogP contribution in [0.3, 0.4) is 0 Å². The van der Waals surface area contributed by atoms with Gasteiger partial charge in [0.05, 0.1) is 18.2 Å². The molecular weight excluding hydrogens is 480 g/mol. The number of rotatable bonds is 8. The van der Waals surface area contributed by atoms with E-state index in [0.717, 1.165) is 6.07 Å². The van der Waals surface area contributed by atoms with Gasteiger partial charge < -0.3 is 20.3 Å². The summed E-state index contributed by atoms with van der Waals surface area (Å²) in [6, 6.07) is 6.64. The smallest absolute Gasteiger partial charge is 0.433 e. The molecular formula is C25H28F4N4O3. The highest BCUT2D eigenvalue weighted by Gasteiger charge is 2.34. The summed E-state index contributed by atoms with van der Waals surface area (Å²) >= 11 is 0. The average molecular weight is 509 g/mol. The van der Waals surface area contributed by atoms with E-state index in [1.807, 2.05) is 0 Å². The minimum Gasteiger partial charge on any atom is -0.466 e. The number of anilines is 2. The summed E-state index contributed by atoms with van der Waals surface area (Å²) in [5.74, 6) is -1.50. The Morgan fingerprint density at radius 3 is 2.53 bits per heavy atom. The SMILES string of the molecule is CCOC(=O)C1CCN(c2nc(C(F)(F)F)ccc2/C=C/C(=O)NCc2ccc(NC)c(F)c2)CC1. The van der Waals surface area contributed by atoms with Gasteiger partial charge in [-0.05, 0) is 55.7 Å². The summed E-state index contributed by atoms with van der Waals surface area (Å²) in [5.41, 5.74) is 0.170. The molecule has 0 spiro atoms. The lowest BCUT2D eigenvalue weighted by molar-refractivity contribution is -0.148.